The fourth-order valence-electron chi connectivity index (χ4n) is 3.26. The lowest BCUT2D eigenvalue weighted by molar-refractivity contribution is 0.0696. The van der Waals surface area contributed by atoms with Crippen LogP contribution in [-0.2, 0) is 5.41 Å². The van der Waals surface area contributed by atoms with E-state index >= 15 is 0 Å². The van der Waals surface area contributed by atoms with Gasteiger partial charge in [0.2, 0.25) is 0 Å². The normalized spacial score (nSPS) is 21.9. The van der Waals surface area contributed by atoms with Crippen molar-refractivity contribution in [3.8, 4) is 6.07 Å². The second-order valence-corrected chi connectivity index (χ2v) is 6.00. The first-order valence-corrected chi connectivity index (χ1v) is 5.97. The van der Waals surface area contributed by atoms with E-state index in [0.717, 1.165) is 5.56 Å². The number of hydrogen-bond acceptors (Lipinski definition) is 2. The summed E-state index contributed by atoms with van der Waals surface area (Å²) in [6.07, 6.45) is 0. The summed E-state index contributed by atoms with van der Waals surface area (Å²) < 4.78 is 0. The summed E-state index contributed by atoms with van der Waals surface area (Å²) in [5.74, 6) is -0.957. The van der Waals surface area contributed by atoms with E-state index in [1.165, 1.54) is 0 Å². The molecule has 3 heteroatoms. The zero-order chi connectivity index (χ0) is 13.8. The maximum absolute atomic E-state index is 11.0. The number of nitrogens with zero attached hydrogens (tertiary/aromatic N) is 1. The Labute approximate surface area is 107 Å². The summed E-state index contributed by atoms with van der Waals surface area (Å²) in [5.41, 5.74) is 0.115. The molecule has 1 N–H and O–H groups in total. The molecular weight excluding hydrogens is 226 g/mol. The number of carboxylic acid groups (broad SMARTS) is 1. The topological polar surface area (TPSA) is 61.1 Å². The van der Waals surface area contributed by atoms with Crippen LogP contribution in [0.5, 0.6) is 0 Å². The molecule has 0 unspecified atom stereocenters. The van der Waals surface area contributed by atoms with E-state index in [-0.39, 0.29) is 16.4 Å². The molecule has 0 heterocycles. The van der Waals surface area contributed by atoms with Crippen molar-refractivity contribution in [3.05, 3.63) is 35.4 Å². The molecule has 0 amide bonds. The molecule has 0 aromatic heterocycles. The minimum Gasteiger partial charge on any atom is -0.478 e. The molecule has 0 bridgehead atoms. The largest absolute Gasteiger partial charge is 0.478 e. The van der Waals surface area contributed by atoms with Crippen molar-refractivity contribution < 1.29 is 9.90 Å². The predicted octanol–water partition coefficient (Wildman–Crippen LogP) is 3.21. The molecule has 3 nitrogen and oxygen atoms in total. The van der Waals surface area contributed by atoms with E-state index in [0.29, 0.717) is 0 Å². The molecule has 1 saturated carbocycles. The Hall–Kier alpha value is -1.82. The second-order valence-electron chi connectivity index (χ2n) is 6.00. The minimum absolute atomic E-state index is 0.161. The highest BCUT2D eigenvalue weighted by Crippen LogP contribution is 2.77. The van der Waals surface area contributed by atoms with Gasteiger partial charge in [0.15, 0.2) is 0 Å². The van der Waals surface area contributed by atoms with Crippen LogP contribution in [0.15, 0.2) is 24.3 Å². The molecule has 0 saturated heterocycles. The van der Waals surface area contributed by atoms with Gasteiger partial charge in [-0.25, -0.2) is 4.79 Å². The maximum Gasteiger partial charge on any atom is 0.335 e. The number of aromatic carboxylic acids is 1. The quantitative estimate of drug-likeness (QED) is 0.867. The van der Waals surface area contributed by atoms with Crippen LogP contribution in [0, 0.1) is 22.2 Å². The number of hydrogen-bond donors (Lipinski definition) is 1. The molecule has 0 atom stereocenters. The van der Waals surface area contributed by atoms with Gasteiger partial charge in [-0.3, -0.25) is 0 Å². The van der Waals surface area contributed by atoms with Crippen molar-refractivity contribution in [3.63, 3.8) is 0 Å². The molecular formula is C15H17NO2. The van der Waals surface area contributed by atoms with Crippen molar-refractivity contribution in [1.29, 1.82) is 5.26 Å². The number of rotatable bonds is 2. The zero-order valence-corrected chi connectivity index (χ0v) is 11.1. The van der Waals surface area contributed by atoms with Gasteiger partial charge < -0.3 is 5.11 Å². The lowest BCUT2D eigenvalue weighted by atomic mass is 9.87. The number of nitriles is 1. The van der Waals surface area contributed by atoms with E-state index in [9.17, 15) is 10.1 Å². The smallest absolute Gasteiger partial charge is 0.335 e. The third-order valence-corrected chi connectivity index (χ3v) is 5.09. The Morgan fingerprint density at radius 3 is 2.17 bits per heavy atom. The van der Waals surface area contributed by atoms with Gasteiger partial charge in [-0.1, -0.05) is 39.8 Å². The molecule has 2 rings (SSSR count). The molecule has 1 fully saturated rings. The van der Waals surface area contributed by atoms with Crippen molar-refractivity contribution in [2.24, 2.45) is 10.8 Å². The SMILES string of the molecule is CC1(C)C(C)(C)C1(C#N)c1cccc(C(=O)O)c1. The number of benzene rings is 1. The van der Waals surface area contributed by atoms with Gasteiger partial charge >= 0.3 is 5.97 Å². The minimum atomic E-state index is -0.957. The van der Waals surface area contributed by atoms with Crippen LogP contribution in [0.3, 0.4) is 0 Å². The maximum atomic E-state index is 11.0. The second kappa shape index (κ2) is 3.35. The van der Waals surface area contributed by atoms with Crippen molar-refractivity contribution in [2.45, 2.75) is 33.1 Å². The van der Waals surface area contributed by atoms with Gasteiger partial charge in [0.25, 0.3) is 0 Å². The van der Waals surface area contributed by atoms with Gasteiger partial charge in [0, 0.05) is 0 Å². The third-order valence-electron chi connectivity index (χ3n) is 5.09. The molecule has 0 spiro atoms. The van der Waals surface area contributed by atoms with Crippen LogP contribution in [0.25, 0.3) is 0 Å². The summed E-state index contributed by atoms with van der Waals surface area (Å²) in [4.78, 5) is 11.0. The predicted molar refractivity (Wildman–Crippen MR) is 68.3 cm³/mol. The molecule has 1 aromatic rings. The van der Waals surface area contributed by atoms with Gasteiger partial charge in [-0.05, 0) is 28.5 Å². The van der Waals surface area contributed by atoms with E-state index in [1.54, 1.807) is 18.2 Å². The zero-order valence-electron chi connectivity index (χ0n) is 11.1. The van der Waals surface area contributed by atoms with Crippen LogP contribution in [0.2, 0.25) is 0 Å². The first-order valence-electron chi connectivity index (χ1n) is 5.97. The molecule has 1 aliphatic rings. The first kappa shape index (κ1) is 12.6. The Morgan fingerprint density at radius 1 is 1.22 bits per heavy atom. The van der Waals surface area contributed by atoms with Crippen molar-refractivity contribution >= 4 is 5.97 Å². The van der Waals surface area contributed by atoms with E-state index in [4.69, 9.17) is 5.11 Å². The van der Waals surface area contributed by atoms with Crippen molar-refractivity contribution in [2.75, 3.05) is 0 Å². The molecule has 1 aromatic carbocycles. The Bertz CT molecular complexity index is 550. The highest BCUT2D eigenvalue weighted by Gasteiger charge is 2.78. The standard InChI is InChI=1S/C15H17NO2/c1-13(2)14(3,4)15(13,9-16)11-7-5-6-10(8-11)12(17)18/h5-8H,1-4H3,(H,17,18). The van der Waals surface area contributed by atoms with Gasteiger partial charge in [-0.15, -0.1) is 0 Å². The van der Waals surface area contributed by atoms with Gasteiger partial charge in [-0.2, -0.15) is 5.26 Å². The third kappa shape index (κ3) is 1.16. The summed E-state index contributed by atoms with van der Waals surface area (Å²) in [5, 5.41) is 18.7. The van der Waals surface area contributed by atoms with Crippen LogP contribution >= 0.6 is 0 Å². The summed E-state index contributed by atoms with van der Waals surface area (Å²) in [6.45, 7) is 8.24. The highest BCUT2D eigenvalue weighted by atomic mass is 16.4. The Morgan fingerprint density at radius 2 is 1.78 bits per heavy atom. The van der Waals surface area contributed by atoms with E-state index in [2.05, 4.69) is 33.8 Å². The average Bonchev–Trinajstić information content (AvgIpc) is 2.65. The summed E-state index contributed by atoms with van der Waals surface area (Å²) in [7, 11) is 0. The number of carbonyl (C=O) groups is 1. The summed E-state index contributed by atoms with van der Waals surface area (Å²) in [6, 6.07) is 9.17. The lowest BCUT2D eigenvalue weighted by Crippen LogP contribution is -2.14. The molecule has 94 valence electrons. The van der Waals surface area contributed by atoms with E-state index < -0.39 is 11.4 Å². The number of carboxylic acids is 1. The fourth-order valence-corrected chi connectivity index (χ4v) is 3.26. The average molecular weight is 243 g/mol. The lowest BCUT2D eigenvalue weighted by Gasteiger charge is -2.13. The van der Waals surface area contributed by atoms with Gasteiger partial charge in [0.05, 0.1) is 17.0 Å². The first-order chi connectivity index (χ1) is 8.22. The molecule has 1 aliphatic carbocycles. The van der Waals surface area contributed by atoms with Crippen LogP contribution in [0.1, 0.15) is 43.6 Å². The van der Waals surface area contributed by atoms with E-state index in [1.807, 2.05) is 6.07 Å². The Kier molecular flexibility index (Phi) is 2.35. The van der Waals surface area contributed by atoms with Crippen molar-refractivity contribution in [1.82, 2.24) is 0 Å². The highest BCUT2D eigenvalue weighted by molar-refractivity contribution is 5.88. The molecule has 0 aliphatic heterocycles. The Balaban J connectivity index is 2.60. The molecule has 18 heavy (non-hydrogen) atoms. The van der Waals surface area contributed by atoms with Crippen LogP contribution < -0.4 is 0 Å². The summed E-state index contributed by atoms with van der Waals surface area (Å²) >= 11 is 0. The fraction of sp³-hybridized carbons (Fsp3) is 0.467. The molecule has 0 radical (unpaired) electrons. The monoisotopic (exact) mass is 243 g/mol. The van der Waals surface area contributed by atoms with Crippen LogP contribution in [0.4, 0.5) is 0 Å². The van der Waals surface area contributed by atoms with Gasteiger partial charge in [0.1, 0.15) is 0 Å². The van der Waals surface area contributed by atoms with Crippen LogP contribution in [-0.4, -0.2) is 11.1 Å².